The van der Waals surface area contributed by atoms with Gasteiger partial charge in [0.15, 0.2) is 0 Å². The van der Waals surface area contributed by atoms with Gasteiger partial charge in [0.05, 0.1) is 0 Å². The lowest BCUT2D eigenvalue weighted by molar-refractivity contribution is -0.152. The zero-order valence-corrected chi connectivity index (χ0v) is 11.3. The monoisotopic (exact) mass is 264 g/mol. The van der Waals surface area contributed by atoms with Crippen molar-refractivity contribution in [2.24, 2.45) is 11.3 Å². The minimum Gasteiger partial charge on any atom is -0.277 e. The highest BCUT2D eigenvalue weighted by atomic mass is 16.2. The Morgan fingerprint density at radius 2 is 1.89 bits per heavy atom. The van der Waals surface area contributed by atoms with Crippen LogP contribution in [0.2, 0.25) is 0 Å². The van der Waals surface area contributed by atoms with Crippen molar-refractivity contribution in [1.29, 1.82) is 0 Å². The summed E-state index contributed by atoms with van der Waals surface area (Å²) in [5.74, 6) is 0.00882. The van der Waals surface area contributed by atoms with Crippen molar-refractivity contribution in [3.05, 3.63) is 0 Å². The topological polar surface area (TPSA) is 66.5 Å². The minimum absolute atomic E-state index is 0.106. The van der Waals surface area contributed by atoms with Crippen LogP contribution < -0.4 is 5.32 Å². The zero-order valence-electron chi connectivity index (χ0n) is 11.3. The molecule has 19 heavy (non-hydrogen) atoms. The molecule has 3 rings (SSSR count). The van der Waals surface area contributed by atoms with E-state index in [-0.39, 0.29) is 17.9 Å². The van der Waals surface area contributed by atoms with Crippen LogP contribution in [0.25, 0.3) is 0 Å². The summed E-state index contributed by atoms with van der Waals surface area (Å²) in [6.07, 6.45) is 6.19. The van der Waals surface area contributed by atoms with Crippen molar-refractivity contribution in [2.75, 3.05) is 0 Å². The van der Waals surface area contributed by atoms with Crippen LogP contribution in [0.3, 0.4) is 0 Å². The number of hydrogen-bond donors (Lipinski definition) is 1. The van der Waals surface area contributed by atoms with Gasteiger partial charge in [0.25, 0.3) is 0 Å². The Balaban J connectivity index is 1.83. The lowest BCUT2D eigenvalue weighted by Crippen LogP contribution is -2.65. The third kappa shape index (κ3) is 1.95. The molecule has 5 heteroatoms. The first-order chi connectivity index (χ1) is 9.04. The standard InChI is InChI=1S/C14H20N2O3/c1-9(8-10-4-5-10)16-12(18)14(6-2-3-7-14)11(17)15-13(16)19/h9-10H,2-8H2,1H3,(H,15,17,19). The Bertz CT molecular complexity index is 436. The summed E-state index contributed by atoms with van der Waals surface area (Å²) in [6, 6.07) is -0.633. The molecule has 1 N–H and O–H groups in total. The third-order valence-corrected chi connectivity index (χ3v) is 4.77. The summed E-state index contributed by atoms with van der Waals surface area (Å²) in [5, 5.41) is 2.39. The van der Waals surface area contributed by atoms with Crippen LogP contribution in [0.1, 0.15) is 51.9 Å². The van der Waals surface area contributed by atoms with E-state index in [4.69, 9.17) is 0 Å². The summed E-state index contributed by atoms with van der Waals surface area (Å²) < 4.78 is 0. The molecule has 1 saturated heterocycles. The number of carbonyl (C=O) groups is 3. The molecular formula is C14H20N2O3. The van der Waals surface area contributed by atoms with Crippen LogP contribution in [0.5, 0.6) is 0 Å². The van der Waals surface area contributed by atoms with Gasteiger partial charge in [0.2, 0.25) is 11.8 Å². The minimum atomic E-state index is -0.953. The molecule has 2 aliphatic carbocycles. The molecule has 0 aromatic rings. The van der Waals surface area contributed by atoms with E-state index >= 15 is 0 Å². The van der Waals surface area contributed by atoms with Gasteiger partial charge in [0, 0.05) is 6.04 Å². The largest absolute Gasteiger partial charge is 0.331 e. The van der Waals surface area contributed by atoms with E-state index in [1.807, 2.05) is 6.92 Å². The Morgan fingerprint density at radius 1 is 1.26 bits per heavy atom. The Morgan fingerprint density at radius 3 is 2.47 bits per heavy atom. The number of nitrogens with one attached hydrogen (secondary N) is 1. The highest BCUT2D eigenvalue weighted by Crippen LogP contribution is 2.43. The number of imide groups is 2. The van der Waals surface area contributed by atoms with Gasteiger partial charge in [-0.3, -0.25) is 19.8 Å². The number of amides is 4. The van der Waals surface area contributed by atoms with E-state index in [1.165, 1.54) is 17.7 Å². The molecule has 1 heterocycles. The van der Waals surface area contributed by atoms with E-state index in [1.54, 1.807) is 0 Å². The highest BCUT2D eigenvalue weighted by molar-refractivity contribution is 6.19. The van der Waals surface area contributed by atoms with Gasteiger partial charge >= 0.3 is 6.03 Å². The lowest BCUT2D eigenvalue weighted by Gasteiger charge is -2.39. The van der Waals surface area contributed by atoms with E-state index < -0.39 is 11.4 Å². The van der Waals surface area contributed by atoms with Gasteiger partial charge in [-0.05, 0) is 32.1 Å². The van der Waals surface area contributed by atoms with Crippen molar-refractivity contribution < 1.29 is 14.4 Å². The molecule has 2 saturated carbocycles. The molecule has 1 unspecified atom stereocenters. The second-order valence-electron chi connectivity index (χ2n) is 6.25. The van der Waals surface area contributed by atoms with E-state index in [9.17, 15) is 14.4 Å². The smallest absolute Gasteiger partial charge is 0.277 e. The summed E-state index contributed by atoms with van der Waals surface area (Å²) in [6.45, 7) is 1.91. The normalized spacial score (nSPS) is 27.8. The third-order valence-electron chi connectivity index (χ3n) is 4.77. The predicted octanol–water partition coefficient (Wildman–Crippen LogP) is 1.81. The number of urea groups is 1. The summed E-state index contributed by atoms with van der Waals surface area (Å²) >= 11 is 0. The molecule has 0 aromatic heterocycles. The SMILES string of the molecule is CC(CC1CC1)N1C(=O)NC(=O)C2(CCCC2)C1=O. The fourth-order valence-corrected chi connectivity index (χ4v) is 3.46. The number of hydrogen-bond acceptors (Lipinski definition) is 3. The van der Waals surface area contributed by atoms with Crippen molar-refractivity contribution in [2.45, 2.75) is 57.9 Å². The lowest BCUT2D eigenvalue weighted by atomic mass is 9.81. The van der Waals surface area contributed by atoms with Gasteiger partial charge in [-0.15, -0.1) is 0 Å². The molecule has 1 atom stereocenters. The maximum absolute atomic E-state index is 12.7. The summed E-state index contributed by atoms with van der Waals surface area (Å²) in [7, 11) is 0. The average molecular weight is 264 g/mol. The molecule has 1 spiro atoms. The molecule has 5 nitrogen and oxygen atoms in total. The molecule has 104 valence electrons. The predicted molar refractivity (Wildman–Crippen MR) is 68.1 cm³/mol. The molecule has 0 bridgehead atoms. The van der Waals surface area contributed by atoms with Crippen LogP contribution in [0.15, 0.2) is 0 Å². The molecule has 0 radical (unpaired) electrons. The Kier molecular flexibility index (Phi) is 2.87. The van der Waals surface area contributed by atoms with Crippen LogP contribution >= 0.6 is 0 Å². The fraction of sp³-hybridized carbons (Fsp3) is 0.786. The van der Waals surface area contributed by atoms with Gasteiger partial charge in [0.1, 0.15) is 5.41 Å². The van der Waals surface area contributed by atoms with Crippen LogP contribution in [-0.4, -0.2) is 28.8 Å². The average Bonchev–Trinajstić information content (AvgIpc) is 3.02. The fourth-order valence-electron chi connectivity index (χ4n) is 3.46. The molecule has 3 fully saturated rings. The van der Waals surface area contributed by atoms with Crippen molar-refractivity contribution in [3.63, 3.8) is 0 Å². The highest BCUT2D eigenvalue weighted by Gasteiger charge is 2.56. The Hall–Kier alpha value is -1.39. The van der Waals surface area contributed by atoms with Crippen LogP contribution in [0, 0.1) is 11.3 Å². The van der Waals surface area contributed by atoms with Gasteiger partial charge in [-0.1, -0.05) is 25.7 Å². The van der Waals surface area contributed by atoms with Crippen molar-refractivity contribution in [3.8, 4) is 0 Å². The van der Waals surface area contributed by atoms with Gasteiger partial charge in [-0.2, -0.15) is 0 Å². The van der Waals surface area contributed by atoms with Gasteiger partial charge < -0.3 is 0 Å². The molecule has 1 aliphatic heterocycles. The quantitative estimate of drug-likeness (QED) is 0.791. The first-order valence-electron chi connectivity index (χ1n) is 7.24. The maximum Gasteiger partial charge on any atom is 0.331 e. The number of nitrogens with zero attached hydrogens (tertiary/aromatic N) is 1. The van der Waals surface area contributed by atoms with Crippen molar-refractivity contribution >= 4 is 17.8 Å². The van der Waals surface area contributed by atoms with Crippen LogP contribution in [0.4, 0.5) is 4.79 Å². The molecule has 4 amide bonds. The van der Waals surface area contributed by atoms with E-state index in [2.05, 4.69) is 5.32 Å². The molecule has 0 aromatic carbocycles. The first-order valence-corrected chi connectivity index (χ1v) is 7.24. The first kappa shape index (κ1) is 12.6. The Labute approximate surface area is 112 Å². The number of barbiturate groups is 1. The van der Waals surface area contributed by atoms with Gasteiger partial charge in [-0.25, -0.2) is 4.79 Å². The second kappa shape index (κ2) is 4.32. The summed E-state index contributed by atoms with van der Waals surface area (Å²) in [5.41, 5.74) is -0.953. The second-order valence-corrected chi connectivity index (χ2v) is 6.25. The molecular weight excluding hydrogens is 244 g/mol. The number of rotatable bonds is 3. The van der Waals surface area contributed by atoms with Crippen LogP contribution in [-0.2, 0) is 9.59 Å². The molecule has 3 aliphatic rings. The van der Waals surface area contributed by atoms with E-state index in [0.29, 0.717) is 18.8 Å². The maximum atomic E-state index is 12.7. The zero-order chi connectivity index (χ0) is 13.6. The van der Waals surface area contributed by atoms with Crippen molar-refractivity contribution in [1.82, 2.24) is 10.2 Å². The van der Waals surface area contributed by atoms with E-state index in [0.717, 1.165) is 19.3 Å². The summed E-state index contributed by atoms with van der Waals surface area (Å²) in [4.78, 5) is 38.0. The number of carbonyl (C=O) groups excluding carboxylic acids is 3.